The zero-order valence-corrected chi connectivity index (χ0v) is 10.6. The summed E-state index contributed by atoms with van der Waals surface area (Å²) < 4.78 is 1.11. The van der Waals surface area contributed by atoms with E-state index in [0.29, 0.717) is 12.3 Å². The van der Waals surface area contributed by atoms with E-state index in [9.17, 15) is 4.79 Å². The largest absolute Gasteiger partial charge is 0.481 e. The number of rotatable bonds is 4. The predicted octanol–water partition coefficient (Wildman–Crippen LogP) is 3.79. The van der Waals surface area contributed by atoms with Crippen molar-refractivity contribution in [1.82, 2.24) is 0 Å². The van der Waals surface area contributed by atoms with Crippen LogP contribution >= 0.6 is 27.3 Å². The van der Waals surface area contributed by atoms with Crippen LogP contribution in [0.25, 0.3) is 0 Å². The van der Waals surface area contributed by atoms with Crippen LogP contribution in [0.5, 0.6) is 0 Å². The number of halogens is 1. The Morgan fingerprint density at radius 2 is 2.36 bits per heavy atom. The molecule has 0 aliphatic heterocycles. The van der Waals surface area contributed by atoms with Gasteiger partial charge in [0, 0.05) is 20.6 Å². The average Bonchev–Trinajstić information content (AvgIpc) is 2.41. The van der Waals surface area contributed by atoms with Crippen molar-refractivity contribution in [3.05, 3.63) is 20.3 Å². The zero-order chi connectivity index (χ0) is 10.7. The first-order valence-electron chi connectivity index (χ1n) is 4.48. The molecule has 0 saturated heterocycles. The average molecular weight is 277 g/mol. The summed E-state index contributed by atoms with van der Waals surface area (Å²) in [6, 6.07) is 2.08. The number of aryl methyl sites for hydroxylation is 1. The molecule has 4 heteroatoms. The number of hydrogen-bond acceptors (Lipinski definition) is 2. The van der Waals surface area contributed by atoms with Gasteiger partial charge in [-0.25, -0.2) is 0 Å². The van der Waals surface area contributed by atoms with Crippen LogP contribution in [0, 0.1) is 6.92 Å². The lowest BCUT2D eigenvalue weighted by atomic mass is 10.0. The molecule has 1 unspecified atom stereocenters. The molecule has 0 radical (unpaired) electrons. The second-order valence-corrected chi connectivity index (χ2v) is 5.54. The first kappa shape index (κ1) is 11.7. The fourth-order valence-electron chi connectivity index (χ4n) is 1.31. The molecular weight excluding hydrogens is 264 g/mol. The SMILES string of the molecule is Cc1cc(Br)c(C(C)CCC(=O)O)s1. The van der Waals surface area contributed by atoms with Gasteiger partial charge in [0.2, 0.25) is 0 Å². The monoisotopic (exact) mass is 276 g/mol. The number of carbonyl (C=O) groups is 1. The second kappa shape index (κ2) is 4.94. The minimum absolute atomic E-state index is 0.241. The van der Waals surface area contributed by atoms with Crippen LogP contribution in [0.15, 0.2) is 10.5 Å². The molecule has 1 aromatic rings. The Bertz CT molecular complexity index is 333. The van der Waals surface area contributed by atoms with E-state index in [1.807, 2.05) is 0 Å². The van der Waals surface area contributed by atoms with Gasteiger partial charge < -0.3 is 5.11 Å². The molecule has 0 fully saturated rings. The quantitative estimate of drug-likeness (QED) is 0.909. The fourth-order valence-corrected chi connectivity index (χ4v) is 3.44. The van der Waals surface area contributed by atoms with Crippen LogP contribution in [0.4, 0.5) is 0 Å². The summed E-state index contributed by atoms with van der Waals surface area (Å²) >= 11 is 5.22. The molecular formula is C10H13BrO2S. The standard InChI is InChI=1S/C10H13BrO2S/c1-6(3-4-9(12)13)10-8(11)5-7(2)14-10/h5-6H,3-4H2,1-2H3,(H,12,13). The molecule has 0 bridgehead atoms. The molecule has 78 valence electrons. The van der Waals surface area contributed by atoms with Crippen molar-refractivity contribution >= 4 is 33.2 Å². The van der Waals surface area contributed by atoms with E-state index in [1.165, 1.54) is 9.75 Å². The summed E-state index contributed by atoms with van der Waals surface area (Å²) in [5.41, 5.74) is 0. The lowest BCUT2D eigenvalue weighted by Gasteiger charge is -2.07. The highest BCUT2D eigenvalue weighted by molar-refractivity contribution is 9.10. The molecule has 1 rings (SSSR count). The van der Waals surface area contributed by atoms with Crippen molar-refractivity contribution in [3.8, 4) is 0 Å². The second-order valence-electron chi connectivity index (χ2n) is 3.40. The molecule has 0 saturated carbocycles. The van der Waals surface area contributed by atoms with Crippen molar-refractivity contribution in [1.29, 1.82) is 0 Å². The van der Waals surface area contributed by atoms with Gasteiger partial charge in [0.1, 0.15) is 0 Å². The maximum Gasteiger partial charge on any atom is 0.303 e. The molecule has 0 spiro atoms. The molecule has 1 heterocycles. The summed E-state index contributed by atoms with van der Waals surface area (Å²) in [5, 5.41) is 8.58. The Labute approximate surface area is 96.1 Å². The van der Waals surface area contributed by atoms with Gasteiger partial charge in [0.05, 0.1) is 0 Å². The summed E-state index contributed by atoms with van der Waals surface area (Å²) in [7, 11) is 0. The summed E-state index contributed by atoms with van der Waals surface area (Å²) in [6.45, 7) is 4.13. The van der Waals surface area contributed by atoms with Gasteiger partial charge in [-0.2, -0.15) is 0 Å². The summed E-state index contributed by atoms with van der Waals surface area (Å²) in [6.07, 6.45) is 0.943. The first-order valence-corrected chi connectivity index (χ1v) is 6.09. The third-order valence-electron chi connectivity index (χ3n) is 2.08. The lowest BCUT2D eigenvalue weighted by molar-refractivity contribution is -0.137. The lowest BCUT2D eigenvalue weighted by Crippen LogP contribution is -1.98. The highest BCUT2D eigenvalue weighted by Gasteiger charge is 2.13. The van der Waals surface area contributed by atoms with E-state index >= 15 is 0 Å². The Balaban J connectivity index is 2.64. The third kappa shape index (κ3) is 3.10. The Morgan fingerprint density at radius 1 is 1.71 bits per heavy atom. The van der Waals surface area contributed by atoms with E-state index in [2.05, 4.69) is 35.8 Å². The smallest absolute Gasteiger partial charge is 0.303 e. The van der Waals surface area contributed by atoms with Gasteiger partial charge in [-0.1, -0.05) is 6.92 Å². The van der Waals surface area contributed by atoms with Crippen molar-refractivity contribution < 1.29 is 9.90 Å². The molecule has 0 aliphatic carbocycles. The molecule has 14 heavy (non-hydrogen) atoms. The Kier molecular flexibility index (Phi) is 4.13. The van der Waals surface area contributed by atoms with Crippen molar-refractivity contribution in [2.24, 2.45) is 0 Å². The van der Waals surface area contributed by atoms with Gasteiger partial charge >= 0.3 is 5.97 Å². The normalized spacial score (nSPS) is 12.8. The number of carboxylic acids is 1. The molecule has 0 aliphatic rings. The third-order valence-corrected chi connectivity index (χ3v) is 4.28. The van der Waals surface area contributed by atoms with Gasteiger partial charge in [0.25, 0.3) is 0 Å². The van der Waals surface area contributed by atoms with Gasteiger partial charge in [-0.05, 0) is 41.3 Å². The van der Waals surface area contributed by atoms with Crippen molar-refractivity contribution in [2.75, 3.05) is 0 Å². The van der Waals surface area contributed by atoms with Gasteiger partial charge in [-0.15, -0.1) is 11.3 Å². The molecule has 1 aromatic heterocycles. The predicted molar refractivity (Wildman–Crippen MR) is 62.0 cm³/mol. The van der Waals surface area contributed by atoms with E-state index in [0.717, 1.165) is 4.47 Å². The Hall–Kier alpha value is -0.350. The highest BCUT2D eigenvalue weighted by atomic mass is 79.9. The van der Waals surface area contributed by atoms with E-state index in [4.69, 9.17) is 5.11 Å². The van der Waals surface area contributed by atoms with E-state index in [-0.39, 0.29) is 6.42 Å². The fraction of sp³-hybridized carbons (Fsp3) is 0.500. The number of hydrogen-bond donors (Lipinski definition) is 1. The molecule has 2 nitrogen and oxygen atoms in total. The molecule has 1 atom stereocenters. The van der Waals surface area contributed by atoms with Crippen LogP contribution in [0.3, 0.4) is 0 Å². The Morgan fingerprint density at radius 3 is 2.79 bits per heavy atom. The van der Waals surface area contributed by atoms with Gasteiger partial charge in [-0.3, -0.25) is 4.79 Å². The topological polar surface area (TPSA) is 37.3 Å². The minimum Gasteiger partial charge on any atom is -0.481 e. The van der Waals surface area contributed by atoms with Crippen LogP contribution in [-0.2, 0) is 4.79 Å². The van der Waals surface area contributed by atoms with Crippen LogP contribution < -0.4 is 0 Å². The first-order chi connectivity index (χ1) is 6.50. The zero-order valence-electron chi connectivity index (χ0n) is 8.21. The summed E-state index contributed by atoms with van der Waals surface area (Å²) in [5.74, 6) is -0.402. The van der Waals surface area contributed by atoms with E-state index in [1.54, 1.807) is 11.3 Å². The number of carboxylic acid groups (broad SMARTS) is 1. The van der Waals surface area contributed by atoms with Crippen LogP contribution in [-0.4, -0.2) is 11.1 Å². The molecule has 0 aromatic carbocycles. The molecule has 1 N–H and O–H groups in total. The van der Waals surface area contributed by atoms with Crippen molar-refractivity contribution in [3.63, 3.8) is 0 Å². The minimum atomic E-state index is -0.721. The maximum absolute atomic E-state index is 10.4. The maximum atomic E-state index is 10.4. The van der Waals surface area contributed by atoms with Crippen molar-refractivity contribution in [2.45, 2.75) is 32.6 Å². The molecule has 0 amide bonds. The number of aliphatic carboxylic acids is 1. The highest BCUT2D eigenvalue weighted by Crippen LogP contribution is 2.35. The number of thiophene rings is 1. The van der Waals surface area contributed by atoms with E-state index < -0.39 is 5.97 Å². The van der Waals surface area contributed by atoms with Gasteiger partial charge in [0.15, 0.2) is 0 Å². The summed E-state index contributed by atoms with van der Waals surface area (Å²) in [4.78, 5) is 12.9. The van der Waals surface area contributed by atoms with Crippen LogP contribution in [0.2, 0.25) is 0 Å². The van der Waals surface area contributed by atoms with Crippen LogP contribution in [0.1, 0.15) is 35.4 Å².